The Morgan fingerprint density at radius 3 is 1.83 bits per heavy atom. The fraction of sp³-hybridized carbons (Fsp3) is 0.0556. The van der Waals surface area contributed by atoms with E-state index in [1.165, 1.54) is 34.4 Å². The SMILES string of the molecule is [2H]c1cc([2H])c2c(c1[2H])c1c([2H])c([2H])cc([2H])c1n2-c1cccc(-c2nc(-c3cccc(-c4ccc5c(c4)C(C)(C)c4ccccc4-5)c3)nc(-c3ccc4c(c3)oc3ccccc34)n2)c1. The molecule has 0 bridgehead atoms. The zero-order valence-electron chi connectivity index (χ0n) is 38.1. The molecule has 5 nitrogen and oxygen atoms in total. The van der Waals surface area contributed by atoms with E-state index in [1.54, 1.807) is 4.57 Å². The van der Waals surface area contributed by atoms with Gasteiger partial charge in [-0.2, -0.15) is 0 Å². The summed E-state index contributed by atoms with van der Waals surface area (Å²) in [6, 6.07) is 46.8. The maximum absolute atomic E-state index is 9.01. The molecule has 8 aromatic carbocycles. The molecule has 0 unspecified atom stereocenters. The highest BCUT2D eigenvalue weighted by molar-refractivity contribution is 6.09. The Balaban J connectivity index is 1.04. The van der Waals surface area contributed by atoms with E-state index in [1.807, 2.05) is 78.9 Å². The van der Waals surface area contributed by atoms with E-state index in [-0.39, 0.29) is 63.5 Å². The molecule has 3 aromatic heterocycles. The Bertz CT molecular complexity index is 3780. The number of para-hydroxylation sites is 3. The van der Waals surface area contributed by atoms with Gasteiger partial charge in [0.25, 0.3) is 0 Å². The molecule has 0 fully saturated rings. The molecule has 0 amide bonds. The Hall–Kier alpha value is -7.63. The monoisotopic (exact) mass is 762 g/mol. The molecule has 59 heavy (non-hydrogen) atoms. The second-order valence-electron chi connectivity index (χ2n) is 15.6. The van der Waals surface area contributed by atoms with Crippen LogP contribution in [0.5, 0.6) is 0 Å². The molecule has 0 radical (unpaired) electrons. The number of furan rings is 1. The Kier molecular flexibility index (Phi) is 6.00. The van der Waals surface area contributed by atoms with Crippen molar-refractivity contribution in [2.24, 2.45) is 0 Å². The van der Waals surface area contributed by atoms with E-state index >= 15 is 0 Å². The molecule has 11 aromatic rings. The van der Waals surface area contributed by atoms with Gasteiger partial charge in [-0.05, 0) is 87.9 Å². The van der Waals surface area contributed by atoms with Crippen molar-refractivity contribution in [2.75, 3.05) is 0 Å². The van der Waals surface area contributed by atoms with E-state index in [4.69, 9.17) is 27.6 Å². The van der Waals surface area contributed by atoms with Crippen molar-refractivity contribution in [1.82, 2.24) is 19.5 Å². The summed E-state index contributed by atoms with van der Waals surface area (Å²) in [5, 5.41) is 2.38. The lowest BCUT2D eigenvalue weighted by Gasteiger charge is -2.22. The third-order valence-corrected chi connectivity index (χ3v) is 11.8. The van der Waals surface area contributed by atoms with E-state index in [0.29, 0.717) is 34.3 Å². The van der Waals surface area contributed by atoms with Gasteiger partial charge in [0, 0.05) is 49.3 Å². The molecule has 0 saturated carbocycles. The summed E-state index contributed by atoms with van der Waals surface area (Å²) in [5.41, 5.74) is 11.8. The van der Waals surface area contributed by atoms with Gasteiger partial charge in [0.15, 0.2) is 17.5 Å². The lowest BCUT2D eigenvalue weighted by Crippen LogP contribution is -2.14. The first kappa shape index (κ1) is 27.9. The minimum absolute atomic E-state index is 0.0324. The predicted molar refractivity (Wildman–Crippen MR) is 241 cm³/mol. The predicted octanol–water partition coefficient (Wildman–Crippen LogP) is 13.8. The van der Waals surface area contributed by atoms with Crippen molar-refractivity contribution in [3.05, 3.63) is 193 Å². The van der Waals surface area contributed by atoms with Crippen LogP contribution in [-0.2, 0) is 5.41 Å². The van der Waals surface area contributed by atoms with Crippen LogP contribution in [0.1, 0.15) is 33.2 Å². The fourth-order valence-electron chi connectivity index (χ4n) is 8.91. The number of benzene rings is 8. The summed E-state index contributed by atoms with van der Waals surface area (Å²) < 4.78 is 60.6. The average molecular weight is 763 g/mol. The molecule has 5 heteroatoms. The summed E-state index contributed by atoms with van der Waals surface area (Å²) >= 11 is 0. The van der Waals surface area contributed by atoms with E-state index in [2.05, 4.69) is 68.4 Å². The fourth-order valence-corrected chi connectivity index (χ4v) is 8.91. The first-order chi connectivity index (χ1) is 31.4. The van der Waals surface area contributed by atoms with Gasteiger partial charge in [-0.1, -0.05) is 141 Å². The highest BCUT2D eigenvalue weighted by Gasteiger charge is 2.35. The third-order valence-electron chi connectivity index (χ3n) is 11.8. The molecule has 3 heterocycles. The molecule has 0 saturated heterocycles. The first-order valence-electron chi connectivity index (χ1n) is 22.6. The maximum atomic E-state index is 9.01. The maximum Gasteiger partial charge on any atom is 0.164 e. The van der Waals surface area contributed by atoms with Gasteiger partial charge in [-0.15, -0.1) is 0 Å². The summed E-state index contributed by atoms with van der Waals surface area (Å²) in [6.45, 7) is 4.56. The second-order valence-corrected chi connectivity index (χ2v) is 15.6. The quantitative estimate of drug-likeness (QED) is 0.175. The standard InChI is InChI=1S/C54H36N4O/c1-54(2)45-21-7-3-17-39(45)40-27-25-34(31-46(40)54)33-13-11-14-35(29-33)51-55-52(57-53(56-51)37-26-28-44-43-20-6-10-24-49(43)59-50(44)32-37)36-15-12-16-38(30-36)58-47-22-8-4-18-41(47)42-19-5-9-23-48(42)58/h3-32H,1-2H3/i4D,5D,18D,19D,22D,23D. The lowest BCUT2D eigenvalue weighted by molar-refractivity contribution is 0.660. The largest absolute Gasteiger partial charge is 0.456 e. The van der Waals surface area contributed by atoms with Gasteiger partial charge in [0.05, 0.1) is 19.3 Å². The van der Waals surface area contributed by atoms with Gasteiger partial charge in [-0.25, -0.2) is 15.0 Å². The van der Waals surface area contributed by atoms with Crippen molar-refractivity contribution in [2.45, 2.75) is 19.3 Å². The van der Waals surface area contributed by atoms with Gasteiger partial charge in [0.1, 0.15) is 11.2 Å². The number of fused-ring (bicyclic) bond motifs is 9. The molecule has 0 N–H and O–H groups in total. The molecule has 0 aliphatic heterocycles. The highest BCUT2D eigenvalue weighted by atomic mass is 16.3. The molecule has 278 valence electrons. The van der Waals surface area contributed by atoms with Crippen molar-refractivity contribution >= 4 is 43.7 Å². The summed E-state index contributed by atoms with van der Waals surface area (Å²) in [5.74, 6) is 1.27. The van der Waals surface area contributed by atoms with Crippen LogP contribution >= 0.6 is 0 Å². The number of aromatic nitrogens is 4. The molecule has 0 spiro atoms. The van der Waals surface area contributed by atoms with Gasteiger partial charge in [-0.3, -0.25) is 0 Å². The van der Waals surface area contributed by atoms with Crippen molar-refractivity contribution < 1.29 is 12.6 Å². The molecular formula is C54H36N4O. The molecule has 12 rings (SSSR count). The summed E-state index contributed by atoms with van der Waals surface area (Å²) in [7, 11) is 0. The number of nitrogens with zero attached hydrogens (tertiary/aromatic N) is 4. The molecule has 1 aliphatic rings. The van der Waals surface area contributed by atoms with Crippen LogP contribution in [0.15, 0.2) is 186 Å². The zero-order chi connectivity index (χ0) is 44.5. The smallest absolute Gasteiger partial charge is 0.164 e. The van der Waals surface area contributed by atoms with Crippen LogP contribution in [0.3, 0.4) is 0 Å². The van der Waals surface area contributed by atoms with Crippen LogP contribution < -0.4 is 0 Å². The lowest BCUT2D eigenvalue weighted by atomic mass is 9.81. The van der Waals surface area contributed by atoms with Crippen LogP contribution in [0.2, 0.25) is 0 Å². The second kappa shape index (κ2) is 12.7. The Morgan fingerprint density at radius 1 is 0.458 bits per heavy atom. The number of hydrogen-bond acceptors (Lipinski definition) is 4. The van der Waals surface area contributed by atoms with Crippen molar-refractivity contribution in [1.29, 1.82) is 0 Å². The average Bonchev–Trinajstić information content (AvgIpc) is 3.96. The number of rotatable bonds is 5. The molecule has 0 atom stereocenters. The van der Waals surface area contributed by atoms with E-state index in [9.17, 15) is 0 Å². The minimum Gasteiger partial charge on any atom is -0.456 e. The zero-order valence-corrected chi connectivity index (χ0v) is 32.1. The van der Waals surface area contributed by atoms with Gasteiger partial charge < -0.3 is 8.98 Å². The molecule has 1 aliphatic carbocycles. The molecular weight excluding hydrogens is 721 g/mol. The summed E-state index contributed by atoms with van der Waals surface area (Å²) in [6.07, 6.45) is 0. The van der Waals surface area contributed by atoms with Crippen LogP contribution in [0.4, 0.5) is 0 Å². The Morgan fingerprint density at radius 2 is 1.05 bits per heavy atom. The minimum atomic E-state index is -0.169. The summed E-state index contributed by atoms with van der Waals surface area (Å²) in [4.78, 5) is 15.3. The normalized spacial score (nSPS) is 14.5. The van der Waals surface area contributed by atoms with Crippen molar-refractivity contribution in [3.63, 3.8) is 0 Å². The van der Waals surface area contributed by atoms with Gasteiger partial charge in [0.2, 0.25) is 0 Å². The van der Waals surface area contributed by atoms with E-state index < -0.39 is 0 Å². The first-order valence-corrected chi connectivity index (χ1v) is 19.6. The third kappa shape index (κ3) is 5.21. The van der Waals surface area contributed by atoms with Crippen LogP contribution in [0.25, 0.3) is 106 Å². The van der Waals surface area contributed by atoms with Crippen molar-refractivity contribution in [3.8, 4) is 62.1 Å². The number of hydrogen-bond donors (Lipinski definition) is 0. The highest BCUT2D eigenvalue weighted by Crippen LogP contribution is 2.49. The van der Waals surface area contributed by atoms with Crippen LogP contribution in [0, 0.1) is 0 Å². The van der Waals surface area contributed by atoms with E-state index in [0.717, 1.165) is 38.6 Å². The Labute approximate surface area is 349 Å². The topological polar surface area (TPSA) is 56.7 Å². The van der Waals surface area contributed by atoms with Gasteiger partial charge >= 0.3 is 0 Å². The van der Waals surface area contributed by atoms with Crippen LogP contribution in [-0.4, -0.2) is 19.5 Å².